The summed E-state index contributed by atoms with van der Waals surface area (Å²) < 4.78 is 13.7. The molecule has 5 heteroatoms. The average molecular weight is 265 g/mol. The molecule has 0 aliphatic rings. The lowest BCUT2D eigenvalue weighted by molar-refractivity contribution is -0.133. The highest BCUT2D eigenvalue weighted by Crippen LogP contribution is 2.24. The first kappa shape index (κ1) is 10.5. The summed E-state index contributed by atoms with van der Waals surface area (Å²) in [7, 11) is 0. The molecule has 0 heterocycles. The Bertz CT molecular complexity index is 330. The molecule has 0 aliphatic carbocycles. The van der Waals surface area contributed by atoms with Crippen molar-refractivity contribution in [3.63, 3.8) is 0 Å². The van der Waals surface area contributed by atoms with Crippen LogP contribution in [0, 0.1) is 5.82 Å². The molecule has 0 amide bonds. The lowest BCUT2D eigenvalue weighted by Crippen LogP contribution is -1.98. The normalized spacial score (nSPS) is 10.0. The molecule has 1 rings (SSSR count). The minimum atomic E-state index is -0.954. The monoisotopic (exact) mass is 264 g/mol. The van der Waals surface area contributed by atoms with Gasteiger partial charge in [0.25, 0.3) is 0 Å². The summed E-state index contributed by atoms with van der Waals surface area (Å²) in [5.41, 5.74) is 0. The van der Waals surface area contributed by atoms with Gasteiger partial charge in [0.1, 0.15) is 5.82 Å². The minimum absolute atomic E-state index is 0.132. The maximum atomic E-state index is 13.0. The van der Waals surface area contributed by atoms with Gasteiger partial charge in [-0.25, -0.2) is 4.39 Å². The number of halogens is 2. The van der Waals surface area contributed by atoms with Crippen LogP contribution in [-0.2, 0) is 4.79 Å². The van der Waals surface area contributed by atoms with E-state index in [1.165, 1.54) is 6.07 Å². The number of hydrogen-bond donors (Lipinski definition) is 1. The smallest absolute Gasteiger partial charge is 0.313 e. The van der Waals surface area contributed by atoms with Crippen LogP contribution in [0.25, 0.3) is 0 Å². The molecular formula is C8H6BrFO2S. The van der Waals surface area contributed by atoms with Gasteiger partial charge in [0, 0.05) is 9.37 Å². The summed E-state index contributed by atoms with van der Waals surface area (Å²) in [5, 5.41) is 8.38. The third kappa shape index (κ3) is 3.36. The topological polar surface area (TPSA) is 37.3 Å². The fourth-order valence-electron chi connectivity index (χ4n) is 0.727. The summed E-state index contributed by atoms with van der Waals surface area (Å²) in [6.45, 7) is 0. The van der Waals surface area contributed by atoms with E-state index < -0.39 is 11.8 Å². The van der Waals surface area contributed by atoms with E-state index in [-0.39, 0.29) is 5.75 Å². The Balaban J connectivity index is 2.75. The highest BCUT2D eigenvalue weighted by atomic mass is 79.9. The number of benzene rings is 1. The van der Waals surface area contributed by atoms with Crippen LogP contribution in [-0.4, -0.2) is 16.8 Å². The molecule has 70 valence electrons. The van der Waals surface area contributed by atoms with Crippen molar-refractivity contribution >= 4 is 33.7 Å². The van der Waals surface area contributed by atoms with Crippen molar-refractivity contribution in [2.24, 2.45) is 0 Å². The first-order chi connectivity index (χ1) is 6.09. The molecule has 0 saturated carbocycles. The van der Waals surface area contributed by atoms with Crippen molar-refractivity contribution in [1.29, 1.82) is 0 Å². The maximum Gasteiger partial charge on any atom is 0.313 e. The van der Waals surface area contributed by atoms with Crippen molar-refractivity contribution in [2.45, 2.75) is 4.90 Å². The number of thioether (sulfide) groups is 1. The van der Waals surface area contributed by atoms with Gasteiger partial charge in [-0.1, -0.05) is 15.9 Å². The van der Waals surface area contributed by atoms with E-state index in [4.69, 9.17) is 5.11 Å². The van der Waals surface area contributed by atoms with Crippen LogP contribution in [0.15, 0.2) is 27.6 Å². The zero-order valence-corrected chi connectivity index (χ0v) is 8.86. The molecule has 1 aromatic rings. The minimum Gasteiger partial charge on any atom is -0.481 e. The quantitative estimate of drug-likeness (QED) is 0.854. The van der Waals surface area contributed by atoms with Gasteiger partial charge in [-0.15, -0.1) is 11.8 Å². The number of carboxylic acid groups (broad SMARTS) is 1. The molecule has 0 fully saturated rings. The summed E-state index contributed by atoms with van der Waals surface area (Å²) in [4.78, 5) is 10.6. The van der Waals surface area contributed by atoms with Crippen LogP contribution in [0.1, 0.15) is 0 Å². The Labute approximate surface area is 87.3 Å². The van der Waals surface area contributed by atoms with Gasteiger partial charge < -0.3 is 5.11 Å². The maximum absolute atomic E-state index is 13.0. The zero-order valence-electron chi connectivity index (χ0n) is 6.46. The SMILES string of the molecule is O=C(O)CSc1cc(Br)ccc1F. The molecule has 1 aromatic carbocycles. The van der Waals surface area contributed by atoms with Crippen LogP contribution >= 0.6 is 27.7 Å². The van der Waals surface area contributed by atoms with E-state index in [1.54, 1.807) is 12.1 Å². The van der Waals surface area contributed by atoms with E-state index in [9.17, 15) is 9.18 Å². The van der Waals surface area contributed by atoms with Gasteiger partial charge in [0.05, 0.1) is 5.75 Å². The van der Waals surface area contributed by atoms with Gasteiger partial charge in [-0.2, -0.15) is 0 Å². The fourth-order valence-corrected chi connectivity index (χ4v) is 1.94. The Hall–Kier alpha value is -0.550. The second-order valence-electron chi connectivity index (χ2n) is 2.26. The van der Waals surface area contributed by atoms with Crippen molar-refractivity contribution in [3.8, 4) is 0 Å². The molecule has 0 atom stereocenters. The Morgan fingerprint density at radius 2 is 2.31 bits per heavy atom. The molecule has 0 saturated heterocycles. The highest BCUT2D eigenvalue weighted by Gasteiger charge is 2.05. The van der Waals surface area contributed by atoms with Gasteiger partial charge >= 0.3 is 5.97 Å². The standard InChI is InChI=1S/C8H6BrFO2S/c9-5-1-2-6(10)7(3-5)13-4-8(11)12/h1-3H,4H2,(H,11,12). The summed E-state index contributed by atoms with van der Waals surface area (Å²) >= 11 is 4.14. The second-order valence-corrected chi connectivity index (χ2v) is 4.19. The number of aliphatic carboxylic acids is 1. The van der Waals surface area contributed by atoms with Gasteiger partial charge in [-0.3, -0.25) is 4.79 Å². The molecule has 0 unspecified atom stereocenters. The third-order valence-electron chi connectivity index (χ3n) is 1.24. The van der Waals surface area contributed by atoms with Crippen LogP contribution < -0.4 is 0 Å². The van der Waals surface area contributed by atoms with Crippen molar-refractivity contribution in [3.05, 3.63) is 28.5 Å². The molecule has 0 aliphatic heterocycles. The van der Waals surface area contributed by atoms with E-state index in [2.05, 4.69) is 15.9 Å². The molecule has 2 nitrogen and oxygen atoms in total. The number of carboxylic acids is 1. The van der Waals surface area contributed by atoms with Gasteiger partial charge in [0.2, 0.25) is 0 Å². The predicted octanol–water partition coefficient (Wildman–Crippen LogP) is 2.76. The highest BCUT2D eigenvalue weighted by molar-refractivity contribution is 9.10. The number of hydrogen-bond acceptors (Lipinski definition) is 2. The number of rotatable bonds is 3. The molecule has 0 spiro atoms. The van der Waals surface area contributed by atoms with Crippen molar-refractivity contribution in [2.75, 3.05) is 5.75 Å². The zero-order chi connectivity index (χ0) is 9.84. The van der Waals surface area contributed by atoms with E-state index in [0.29, 0.717) is 4.90 Å². The largest absolute Gasteiger partial charge is 0.481 e. The Morgan fingerprint density at radius 3 is 2.92 bits per heavy atom. The summed E-state index contributed by atoms with van der Waals surface area (Å²) in [6, 6.07) is 4.43. The van der Waals surface area contributed by atoms with E-state index in [0.717, 1.165) is 16.2 Å². The van der Waals surface area contributed by atoms with Gasteiger partial charge in [-0.05, 0) is 18.2 Å². The lowest BCUT2D eigenvalue weighted by atomic mass is 10.3. The first-order valence-electron chi connectivity index (χ1n) is 3.39. The fraction of sp³-hybridized carbons (Fsp3) is 0.125. The summed E-state index contributed by atoms with van der Waals surface area (Å²) in [6.07, 6.45) is 0. The molecule has 0 radical (unpaired) electrons. The second kappa shape index (κ2) is 4.62. The van der Waals surface area contributed by atoms with Crippen LogP contribution in [0.3, 0.4) is 0 Å². The molecule has 0 bridgehead atoms. The molecule has 1 N–H and O–H groups in total. The van der Waals surface area contributed by atoms with E-state index >= 15 is 0 Å². The van der Waals surface area contributed by atoms with Crippen LogP contribution in [0.4, 0.5) is 4.39 Å². The Morgan fingerprint density at radius 1 is 1.62 bits per heavy atom. The molecule has 13 heavy (non-hydrogen) atoms. The van der Waals surface area contributed by atoms with Crippen LogP contribution in [0.2, 0.25) is 0 Å². The third-order valence-corrected chi connectivity index (χ3v) is 2.75. The average Bonchev–Trinajstić information content (AvgIpc) is 2.06. The van der Waals surface area contributed by atoms with Crippen molar-refractivity contribution in [1.82, 2.24) is 0 Å². The van der Waals surface area contributed by atoms with E-state index in [1.807, 2.05) is 0 Å². The summed E-state index contributed by atoms with van der Waals surface area (Å²) in [5.74, 6) is -1.48. The first-order valence-corrected chi connectivity index (χ1v) is 5.17. The van der Waals surface area contributed by atoms with Gasteiger partial charge in [0.15, 0.2) is 0 Å². The molecular weight excluding hydrogens is 259 g/mol. The predicted molar refractivity (Wildman–Crippen MR) is 52.5 cm³/mol. The Kier molecular flexibility index (Phi) is 3.74. The lowest BCUT2D eigenvalue weighted by Gasteiger charge is -2.00. The van der Waals surface area contributed by atoms with Crippen molar-refractivity contribution < 1.29 is 14.3 Å². The molecule has 0 aromatic heterocycles. The number of carbonyl (C=O) groups is 1. The van der Waals surface area contributed by atoms with Crippen LogP contribution in [0.5, 0.6) is 0 Å².